The summed E-state index contributed by atoms with van der Waals surface area (Å²) in [6, 6.07) is 39.8. The van der Waals surface area contributed by atoms with Crippen molar-refractivity contribution >= 4 is 11.7 Å². The molecule has 0 N–H and O–H groups in total. The molecule has 0 saturated heterocycles. The van der Waals surface area contributed by atoms with E-state index in [2.05, 4.69) is 13.8 Å². The lowest BCUT2D eigenvalue weighted by molar-refractivity contribution is -0.150. The van der Waals surface area contributed by atoms with Crippen molar-refractivity contribution in [3.63, 3.8) is 0 Å². The van der Waals surface area contributed by atoms with E-state index in [1.165, 1.54) is 7.11 Å². The van der Waals surface area contributed by atoms with Crippen LogP contribution in [0.15, 0.2) is 126 Å². The Morgan fingerprint density at radius 2 is 1.00 bits per heavy atom. The smallest absolute Gasteiger partial charge is 0.339 e. The van der Waals surface area contributed by atoms with E-state index in [0.29, 0.717) is 0 Å². The van der Waals surface area contributed by atoms with Crippen molar-refractivity contribution in [2.75, 3.05) is 7.11 Å². The Labute approximate surface area is 201 Å². The summed E-state index contributed by atoms with van der Waals surface area (Å²) in [5, 5.41) is 0. The number of carbonyl (C=O) groups excluding carboxylic acids is 1. The van der Waals surface area contributed by atoms with E-state index in [9.17, 15) is 4.79 Å². The average Bonchev–Trinajstić information content (AvgIpc) is 2.91. The molecule has 0 heterocycles. The van der Waals surface area contributed by atoms with Gasteiger partial charge in [-0.15, -0.1) is 0 Å². The maximum Gasteiger partial charge on any atom is 0.339 e. The van der Waals surface area contributed by atoms with Crippen LogP contribution >= 0.6 is 0 Å². The number of aliphatic imine (C=N–C) groups is 1. The third-order valence-corrected chi connectivity index (χ3v) is 6.45. The van der Waals surface area contributed by atoms with Crippen LogP contribution in [-0.4, -0.2) is 18.8 Å². The molecule has 0 aliphatic heterocycles. The molecule has 4 rings (SSSR count). The molecule has 0 fully saturated rings. The molecule has 0 aliphatic rings. The van der Waals surface area contributed by atoms with Gasteiger partial charge in [-0.25, -0.2) is 4.79 Å². The van der Waals surface area contributed by atoms with Gasteiger partial charge in [-0.05, 0) is 11.1 Å². The van der Waals surface area contributed by atoms with Crippen LogP contribution in [0.2, 0.25) is 0 Å². The zero-order valence-corrected chi connectivity index (χ0v) is 19.8. The molecule has 0 amide bonds. The maximum absolute atomic E-state index is 13.9. The quantitative estimate of drug-likeness (QED) is 0.237. The SMILES string of the molecule is COC(=O)C(N=C(c1ccccc1)c1ccccc1)(c1ccccc1)C(C)(C)c1ccccc1. The first-order valence-electron chi connectivity index (χ1n) is 11.4. The number of carbonyl (C=O) groups is 1. The van der Waals surface area contributed by atoms with Gasteiger partial charge in [0.1, 0.15) is 0 Å². The molecule has 0 bridgehead atoms. The van der Waals surface area contributed by atoms with Gasteiger partial charge in [-0.3, -0.25) is 4.99 Å². The highest BCUT2D eigenvalue weighted by Crippen LogP contribution is 2.47. The van der Waals surface area contributed by atoms with Crippen LogP contribution in [0, 0.1) is 0 Å². The highest BCUT2D eigenvalue weighted by molar-refractivity contribution is 6.14. The molecule has 4 aromatic carbocycles. The van der Waals surface area contributed by atoms with Gasteiger partial charge in [0.15, 0.2) is 5.54 Å². The fourth-order valence-electron chi connectivity index (χ4n) is 4.53. The molecular weight excluding hydrogens is 418 g/mol. The standard InChI is InChI=1S/C31H29NO2/c1-30(2,26-20-12-6-13-21-26)31(29(33)34-3,27-22-14-7-15-23-27)32-28(24-16-8-4-9-17-24)25-18-10-5-11-19-25/h4-23H,1-3H3. The second-order valence-corrected chi connectivity index (χ2v) is 8.75. The summed E-state index contributed by atoms with van der Waals surface area (Å²) in [5.41, 5.74) is 2.29. The van der Waals surface area contributed by atoms with Crippen molar-refractivity contribution in [1.82, 2.24) is 0 Å². The summed E-state index contributed by atoms with van der Waals surface area (Å²) in [6.45, 7) is 4.12. The Balaban J connectivity index is 2.12. The average molecular weight is 448 g/mol. The van der Waals surface area contributed by atoms with Crippen molar-refractivity contribution in [2.45, 2.75) is 24.8 Å². The minimum atomic E-state index is -1.34. The number of methoxy groups -OCH3 is 1. The lowest BCUT2D eigenvalue weighted by Gasteiger charge is -2.43. The predicted octanol–water partition coefficient (Wildman–Crippen LogP) is 6.57. The van der Waals surface area contributed by atoms with Crippen molar-refractivity contribution in [2.24, 2.45) is 4.99 Å². The number of esters is 1. The molecule has 0 radical (unpaired) electrons. The van der Waals surface area contributed by atoms with Crippen LogP contribution < -0.4 is 0 Å². The Morgan fingerprint density at radius 1 is 0.618 bits per heavy atom. The zero-order chi connectivity index (χ0) is 24.0. The van der Waals surface area contributed by atoms with Gasteiger partial charge in [-0.2, -0.15) is 0 Å². The summed E-state index contributed by atoms with van der Waals surface area (Å²) < 4.78 is 5.50. The number of hydrogen-bond acceptors (Lipinski definition) is 3. The normalized spacial score (nSPS) is 12.9. The van der Waals surface area contributed by atoms with Gasteiger partial charge in [0.2, 0.25) is 0 Å². The highest BCUT2D eigenvalue weighted by Gasteiger charge is 2.55. The Morgan fingerprint density at radius 3 is 1.41 bits per heavy atom. The van der Waals surface area contributed by atoms with E-state index >= 15 is 0 Å². The molecule has 34 heavy (non-hydrogen) atoms. The van der Waals surface area contributed by atoms with E-state index in [1.54, 1.807) is 0 Å². The Bertz CT molecular complexity index is 1210. The lowest BCUT2D eigenvalue weighted by Crippen LogP contribution is -2.51. The van der Waals surface area contributed by atoms with Gasteiger partial charge >= 0.3 is 5.97 Å². The fourth-order valence-corrected chi connectivity index (χ4v) is 4.53. The molecule has 3 nitrogen and oxygen atoms in total. The monoisotopic (exact) mass is 447 g/mol. The molecule has 1 atom stereocenters. The first kappa shape index (κ1) is 23.2. The van der Waals surface area contributed by atoms with Crippen LogP contribution in [0.5, 0.6) is 0 Å². The third-order valence-electron chi connectivity index (χ3n) is 6.45. The third kappa shape index (κ3) is 4.17. The first-order chi connectivity index (χ1) is 16.5. The van der Waals surface area contributed by atoms with E-state index < -0.39 is 16.9 Å². The molecule has 0 spiro atoms. The number of benzene rings is 4. The summed E-state index contributed by atoms with van der Waals surface area (Å²) in [5.74, 6) is -0.406. The summed E-state index contributed by atoms with van der Waals surface area (Å²) in [6.07, 6.45) is 0. The topological polar surface area (TPSA) is 38.7 Å². The van der Waals surface area contributed by atoms with E-state index in [-0.39, 0.29) is 0 Å². The van der Waals surface area contributed by atoms with Gasteiger partial charge in [0.05, 0.1) is 12.8 Å². The second-order valence-electron chi connectivity index (χ2n) is 8.75. The van der Waals surface area contributed by atoms with Crippen LogP contribution in [0.3, 0.4) is 0 Å². The number of ether oxygens (including phenoxy) is 1. The minimum Gasteiger partial charge on any atom is -0.467 e. The van der Waals surface area contributed by atoms with Crippen molar-refractivity contribution < 1.29 is 9.53 Å². The Kier molecular flexibility index (Phi) is 6.74. The van der Waals surface area contributed by atoms with Crippen molar-refractivity contribution in [1.29, 1.82) is 0 Å². The van der Waals surface area contributed by atoms with E-state index in [0.717, 1.165) is 28.0 Å². The van der Waals surface area contributed by atoms with E-state index in [1.807, 2.05) is 121 Å². The predicted molar refractivity (Wildman–Crippen MR) is 138 cm³/mol. The highest BCUT2D eigenvalue weighted by atomic mass is 16.5. The fraction of sp³-hybridized carbons (Fsp3) is 0.161. The van der Waals surface area contributed by atoms with E-state index in [4.69, 9.17) is 9.73 Å². The molecule has 3 heteroatoms. The van der Waals surface area contributed by atoms with Gasteiger partial charge in [-0.1, -0.05) is 135 Å². The van der Waals surface area contributed by atoms with Crippen molar-refractivity contribution in [3.8, 4) is 0 Å². The Hall–Kier alpha value is -3.98. The molecular formula is C31H29NO2. The first-order valence-corrected chi connectivity index (χ1v) is 11.4. The largest absolute Gasteiger partial charge is 0.467 e. The zero-order valence-electron chi connectivity index (χ0n) is 19.8. The van der Waals surface area contributed by atoms with Gasteiger partial charge in [0, 0.05) is 16.5 Å². The summed E-state index contributed by atoms with van der Waals surface area (Å²) in [4.78, 5) is 19.3. The number of nitrogens with zero attached hydrogens (tertiary/aromatic N) is 1. The number of rotatable bonds is 7. The van der Waals surface area contributed by atoms with Gasteiger partial charge < -0.3 is 4.74 Å². The summed E-state index contributed by atoms with van der Waals surface area (Å²) >= 11 is 0. The molecule has 0 saturated carbocycles. The van der Waals surface area contributed by atoms with Crippen LogP contribution in [-0.2, 0) is 20.5 Å². The maximum atomic E-state index is 13.9. The van der Waals surface area contributed by atoms with Gasteiger partial charge in [0.25, 0.3) is 0 Å². The minimum absolute atomic E-state index is 0.406. The molecule has 170 valence electrons. The van der Waals surface area contributed by atoms with Crippen LogP contribution in [0.4, 0.5) is 0 Å². The second kappa shape index (κ2) is 9.88. The number of hydrogen-bond donors (Lipinski definition) is 0. The lowest BCUT2D eigenvalue weighted by atomic mass is 9.64. The molecule has 0 aliphatic carbocycles. The molecule has 4 aromatic rings. The molecule has 0 aromatic heterocycles. The van der Waals surface area contributed by atoms with Crippen LogP contribution in [0.25, 0.3) is 0 Å². The summed E-state index contributed by atoms with van der Waals surface area (Å²) in [7, 11) is 1.43. The van der Waals surface area contributed by atoms with Crippen molar-refractivity contribution in [3.05, 3.63) is 144 Å². The molecule has 1 unspecified atom stereocenters. The van der Waals surface area contributed by atoms with Crippen LogP contribution in [0.1, 0.15) is 36.1 Å².